The van der Waals surface area contributed by atoms with Crippen LogP contribution in [0.2, 0.25) is 0 Å². The molecular formula is C25H48O4. The summed E-state index contributed by atoms with van der Waals surface area (Å²) in [5.74, 6) is -1.61. The van der Waals surface area contributed by atoms with E-state index in [2.05, 4.69) is 13.8 Å². The molecule has 0 unspecified atom stereocenters. The maximum absolute atomic E-state index is 12.2. The second-order valence-corrected chi connectivity index (χ2v) is 8.25. The van der Waals surface area contributed by atoms with E-state index in [0.717, 1.165) is 25.7 Å². The van der Waals surface area contributed by atoms with Gasteiger partial charge in [-0.2, -0.15) is 0 Å². The summed E-state index contributed by atoms with van der Waals surface area (Å²) >= 11 is 0. The third kappa shape index (κ3) is 17.5. The van der Waals surface area contributed by atoms with E-state index in [1.165, 1.54) is 77.0 Å². The van der Waals surface area contributed by atoms with Gasteiger partial charge in [0.05, 0.1) is 13.2 Å². The molecule has 0 rings (SSSR count). The summed E-state index contributed by atoms with van der Waals surface area (Å²) in [4.78, 5) is 24.3. The number of carbonyl (C=O) groups is 2. The Morgan fingerprint density at radius 2 is 0.828 bits per heavy atom. The topological polar surface area (TPSA) is 52.6 Å². The predicted molar refractivity (Wildman–Crippen MR) is 121 cm³/mol. The number of carbonyl (C=O) groups excluding carboxylic acids is 2. The lowest BCUT2D eigenvalue weighted by Gasteiger charge is -2.14. The van der Waals surface area contributed by atoms with Crippen molar-refractivity contribution in [1.82, 2.24) is 0 Å². The monoisotopic (exact) mass is 412 g/mol. The van der Waals surface area contributed by atoms with Crippen LogP contribution in [0.25, 0.3) is 0 Å². The smallest absolute Gasteiger partial charge is 0.320 e. The van der Waals surface area contributed by atoms with Crippen molar-refractivity contribution in [1.29, 1.82) is 0 Å². The van der Waals surface area contributed by atoms with Crippen LogP contribution in [0.15, 0.2) is 0 Å². The first-order chi connectivity index (χ1) is 14.2. The summed E-state index contributed by atoms with van der Waals surface area (Å²) in [6, 6.07) is 0. The minimum Gasteiger partial charge on any atom is -0.465 e. The highest BCUT2D eigenvalue weighted by molar-refractivity contribution is 5.94. The molecule has 0 aromatic rings. The normalized spacial score (nSPS) is 11.0. The van der Waals surface area contributed by atoms with Crippen LogP contribution in [0.5, 0.6) is 0 Å². The molecule has 0 atom stereocenters. The molecule has 0 aliphatic heterocycles. The van der Waals surface area contributed by atoms with E-state index < -0.39 is 17.9 Å². The lowest BCUT2D eigenvalue weighted by Crippen LogP contribution is -2.28. The molecule has 0 aromatic heterocycles. The second-order valence-electron chi connectivity index (χ2n) is 8.25. The molecule has 0 radical (unpaired) electrons. The first kappa shape index (κ1) is 27.9. The van der Waals surface area contributed by atoms with E-state index in [0.29, 0.717) is 19.6 Å². The van der Waals surface area contributed by atoms with Crippen molar-refractivity contribution in [3.63, 3.8) is 0 Å². The second kappa shape index (κ2) is 21.6. The standard InChI is InChI=1S/C25H48O4/c1-4-7-9-11-13-15-17-19-21-28-24(26)23(6-3)25(27)29-22-20-18-16-14-12-10-8-5-2/h23H,4-22H2,1-3H3. The van der Waals surface area contributed by atoms with Crippen LogP contribution < -0.4 is 0 Å². The number of hydrogen-bond acceptors (Lipinski definition) is 4. The molecule has 0 amide bonds. The average molecular weight is 413 g/mol. The molecule has 4 heteroatoms. The number of hydrogen-bond donors (Lipinski definition) is 0. The fourth-order valence-corrected chi connectivity index (χ4v) is 3.45. The Hall–Kier alpha value is -1.06. The molecule has 0 fully saturated rings. The highest BCUT2D eigenvalue weighted by atomic mass is 16.6. The zero-order valence-corrected chi connectivity index (χ0v) is 19.6. The first-order valence-corrected chi connectivity index (χ1v) is 12.5. The van der Waals surface area contributed by atoms with Crippen molar-refractivity contribution in [3.8, 4) is 0 Å². The van der Waals surface area contributed by atoms with E-state index in [-0.39, 0.29) is 0 Å². The van der Waals surface area contributed by atoms with Gasteiger partial charge in [0, 0.05) is 0 Å². The van der Waals surface area contributed by atoms with Gasteiger partial charge in [-0.15, -0.1) is 0 Å². The summed E-state index contributed by atoms with van der Waals surface area (Å²) in [5, 5.41) is 0. The van der Waals surface area contributed by atoms with Gasteiger partial charge in [-0.3, -0.25) is 9.59 Å². The van der Waals surface area contributed by atoms with Crippen molar-refractivity contribution < 1.29 is 19.1 Å². The van der Waals surface area contributed by atoms with Gasteiger partial charge in [0.2, 0.25) is 0 Å². The molecule has 0 spiro atoms. The van der Waals surface area contributed by atoms with Crippen molar-refractivity contribution >= 4 is 11.9 Å². The molecule has 0 bridgehead atoms. The van der Waals surface area contributed by atoms with Crippen molar-refractivity contribution in [3.05, 3.63) is 0 Å². The Morgan fingerprint density at radius 1 is 0.517 bits per heavy atom. The number of ether oxygens (including phenoxy) is 2. The molecule has 0 aliphatic rings. The molecule has 0 aromatic carbocycles. The minimum absolute atomic E-state index is 0.412. The highest BCUT2D eigenvalue weighted by Crippen LogP contribution is 2.12. The Morgan fingerprint density at radius 3 is 1.14 bits per heavy atom. The van der Waals surface area contributed by atoms with Crippen LogP contribution in [0, 0.1) is 5.92 Å². The molecule has 0 aliphatic carbocycles. The Labute approximate surface area is 180 Å². The van der Waals surface area contributed by atoms with E-state index >= 15 is 0 Å². The van der Waals surface area contributed by atoms with Gasteiger partial charge < -0.3 is 9.47 Å². The molecular weight excluding hydrogens is 364 g/mol. The highest BCUT2D eigenvalue weighted by Gasteiger charge is 2.27. The van der Waals surface area contributed by atoms with E-state index in [4.69, 9.17) is 9.47 Å². The Kier molecular flexibility index (Phi) is 20.9. The van der Waals surface area contributed by atoms with Gasteiger partial charge in [-0.1, -0.05) is 111 Å². The van der Waals surface area contributed by atoms with Crippen molar-refractivity contribution in [2.75, 3.05) is 13.2 Å². The lowest BCUT2D eigenvalue weighted by molar-refractivity contribution is -0.162. The third-order valence-corrected chi connectivity index (χ3v) is 5.46. The maximum Gasteiger partial charge on any atom is 0.320 e. The van der Waals surface area contributed by atoms with Crippen LogP contribution in [-0.4, -0.2) is 25.2 Å². The predicted octanol–water partition coefficient (Wildman–Crippen LogP) is 7.38. The molecule has 0 N–H and O–H groups in total. The summed E-state index contributed by atoms with van der Waals surface area (Å²) in [5.41, 5.74) is 0. The van der Waals surface area contributed by atoms with Gasteiger partial charge in [0.1, 0.15) is 0 Å². The largest absolute Gasteiger partial charge is 0.465 e. The summed E-state index contributed by atoms with van der Waals surface area (Å²) < 4.78 is 10.6. The SMILES string of the molecule is CCCCCCCCCCOC(=O)C(CC)C(=O)OCCCCCCCCCC. The van der Waals surface area contributed by atoms with Gasteiger partial charge in [-0.05, 0) is 19.3 Å². The zero-order valence-electron chi connectivity index (χ0n) is 19.6. The van der Waals surface area contributed by atoms with Gasteiger partial charge in [-0.25, -0.2) is 0 Å². The van der Waals surface area contributed by atoms with E-state index in [1.54, 1.807) is 0 Å². The molecule has 0 saturated carbocycles. The van der Waals surface area contributed by atoms with Crippen LogP contribution in [0.4, 0.5) is 0 Å². The van der Waals surface area contributed by atoms with E-state index in [9.17, 15) is 9.59 Å². The summed E-state index contributed by atoms with van der Waals surface area (Å²) in [7, 11) is 0. The van der Waals surface area contributed by atoms with Crippen molar-refractivity contribution in [2.24, 2.45) is 5.92 Å². The number of esters is 2. The van der Waals surface area contributed by atoms with E-state index in [1.807, 2.05) is 6.92 Å². The maximum atomic E-state index is 12.2. The first-order valence-electron chi connectivity index (χ1n) is 12.5. The molecule has 29 heavy (non-hydrogen) atoms. The quantitative estimate of drug-likeness (QED) is 0.112. The Bertz CT molecular complexity index is 347. The molecule has 4 nitrogen and oxygen atoms in total. The number of rotatable bonds is 21. The molecule has 0 saturated heterocycles. The minimum atomic E-state index is -0.766. The Balaban J connectivity index is 3.69. The molecule has 0 heterocycles. The van der Waals surface area contributed by atoms with Crippen molar-refractivity contribution in [2.45, 2.75) is 130 Å². The molecule has 172 valence electrons. The van der Waals surface area contributed by atoms with Crippen LogP contribution in [0.3, 0.4) is 0 Å². The summed E-state index contributed by atoms with van der Waals surface area (Å²) in [6.07, 6.45) is 19.7. The number of unbranched alkanes of at least 4 members (excludes halogenated alkanes) is 14. The third-order valence-electron chi connectivity index (χ3n) is 5.46. The fraction of sp³-hybridized carbons (Fsp3) is 0.920. The fourth-order valence-electron chi connectivity index (χ4n) is 3.45. The lowest BCUT2D eigenvalue weighted by atomic mass is 10.1. The van der Waals surface area contributed by atoms with Crippen LogP contribution in [0.1, 0.15) is 130 Å². The van der Waals surface area contributed by atoms with Gasteiger partial charge in [0.15, 0.2) is 5.92 Å². The van der Waals surface area contributed by atoms with Crippen LogP contribution >= 0.6 is 0 Å². The average Bonchev–Trinajstić information content (AvgIpc) is 2.72. The summed E-state index contributed by atoms with van der Waals surface area (Å²) in [6.45, 7) is 7.11. The van der Waals surface area contributed by atoms with Gasteiger partial charge >= 0.3 is 11.9 Å². The van der Waals surface area contributed by atoms with Gasteiger partial charge in [0.25, 0.3) is 0 Å². The zero-order chi connectivity index (χ0) is 21.6. The van der Waals surface area contributed by atoms with Crippen LogP contribution in [-0.2, 0) is 19.1 Å².